The molecule has 3 heterocycles. The molecule has 0 amide bonds. The first-order valence-electron chi connectivity index (χ1n) is 9.00. The van der Waals surface area contributed by atoms with E-state index in [9.17, 15) is 9.59 Å². The van der Waals surface area contributed by atoms with Crippen LogP contribution in [0.3, 0.4) is 0 Å². The first kappa shape index (κ1) is 17.2. The van der Waals surface area contributed by atoms with Gasteiger partial charge < -0.3 is 8.97 Å². The highest BCUT2D eigenvalue weighted by molar-refractivity contribution is 5.74. The molecule has 0 fully saturated rings. The number of nitrogens with zero attached hydrogens (tertiary/aromatic N) is 5. The van der Waals surface area contributed by atoms with Gasteiger partial charge in [0.2, 0.25) is 0 Å². The molecule has 1 aromatic carbocycles. The van der Waals surface area contributed by atoms with E-state index in [1.54, 1.807) is 15.3 Å². The second-order valence-corrected chi connectivity index (χ2v) is 7.12. The maximum atomic E-state index is 12.6. The fourth-order valence-electron chi connectivity index (χ4n) is 3.53. The molecule has 1 atom stereocenters. The molecule has 0 radical (unpaired) electrons. The van der Waals surface area contributed by atoms with E-state index in [2.05, 4.69) is 10.1 Å². The van der Waals surface area contributed by atoms with Crippen molar-refractivity contribution in [2.45, 2.75) is 39.3 Å². The molecule has 0 spiro atoms. The minimum atomic E-state index is -0.131. The molecular weight excluding hydrogens is 342 g/mol. The van der Waals surface area contributed by atoms with Crippen LogP contribution in [-0.4, -0.2) is 23.7 Å². The zero-order chi connectivity index (χ0) is 19.1. The number of hydrogen-bond acceptors (Lipinski definition) is 4. The highest BCUT2D eigenvalue weighted by Gasteiger charge is 2.14. The Morgan fingerprint density at radius 3 is 2.63 bits per heavy atom. The van der Waals surface area contributed by atoms with Gasteiger partial charge >= 0.3 is 0 Å². The Labute approximate surface area is 155 Å². The second kappa shape index (κ2) is 6.50. The number of rotatable bonds is 4. The molecule has 3 aromatic heterocycles. The molecular formula is C20H21N5O2. The van der Waals surface area contributed by atoms with Crippen LogP contribution in [0, 0.1) is 0 Å². The van der Waals surface area contributed by atoms with Gasteiger partial charge in [0.15, 0.2) is 0 Å². The van der Waals surface area contributed by atoms with Crippen LogP contribution in [0.15, 0.2) is 58.6 Å². The molecule has 0 saturated heterocycles. The summed E-state index contributed by atoms with van der Waals surface area (Å²) in [6, 6.07) is 9.41. The van der Waals surface area contributed by atoms with Crippen LogP contribution in [0.2, 0.25) is 0 Å². The summed E-state index contributed by atoms with van der Waals surface area (Å²) in [7, 11) is 0. The van der Waals surface area contributed by atoms with Gasteiger partial charge in [-0.25, -0.2) is 9.67 Å². The predicted octanol–water partition coefficient (Wildman–Crippen LogP) is 2.59. The van der Waals surface area contributed by atoms with Crippen molar-refractivity contribution in [1.82, 2.24) is 23.7 Å². The Kier molecular flexibility index (Phi) is 4.14. The standard InChI is InChI=1S/C20H21N5O2/c1-13(2)25-20(27)18-9-15(11-23(18)12-22-25)8-14(3)24-17-7-5-4-6-16(17)21-10-19(24)26/h4-7,9-14H,8H2,1-3H3. The summed E-state index contributed by atoms with van der Waals surface area (Å²) in [5, 5.41) is 4.22. The van der Waals surface area contributed by atoms with Crippen LogP contribution in [0.5, 0.6) is 0 Å². The average Bonchev–Trinajstić information content (AvgIpc) is 3.04. The third-order valence-corrected chi connectivity index (χ3v) is 4.79. The summed E-state index contributed by atoms with van der Waals surface area (Å²) in [5.74, 6) is 0. The maximum Gasteiger partial charge on any atom is 0.291 e. The Balaban J connectivity index is 1.75. The minimum absolute atomic E-state index is 0.00142. The topological polar surface area (TPSA) is 74.2 Å². The van der Waals surface area contributed by atoms with Crippen molar-refractivity contribution >= 4 is 16.6 Å². The van der Waals surface area contributed by atoms with Crippen molar-refractivity contribution in [2.75, 3.05) is 0 Å². The summed E-state index contributed by atoms with van der Waals surface area (Å²) >= 11 is 0. The van der Waals surface area contributed by atoms with Crippen molar-refractivity contribution in [3.05, 3.63) is 75.3 Å². The number of fused-ring (bicyclic) bond motifs is 2. The van der Waals surface area contributed by atoms with Gasteiger partial charge in [-0.2, -0.15) is 5.10 Å². The van der Waals surface area contributed by atoms with E-state index in [0.717, 1.165) is 16.6 Å². The first-order valence-corrected chi connectivity index (χ1v) is 9.00. The molecule has 138 valence electrons. The van der Waals surface area contributed by atoms with Crippen LogP contribution in [0.1, 0.15) is 38.4 Å². The number of hydrogen-bond donors (Lipinski definition) is 0. The third-order valence-electron chi connectivity index (χ3n) is 4.79. The Hall–Kier alpha value is -3.22. The van der Waals surface area contributed by atoms with Crippen molar-refractivity contribution in [3.8, 4) is 0 Å². The molecule has 7 nitrogen and oxygen atoms in total. The third kappa shape index (κ3) is 2.95. The van der Waals surface area contributed by atoms with Crippen molar-refractivity contribution in [3.63, 3.8) is 0 Å². The van der Waals surface area contributed by atoms with E-state index < -0.39 is 0 Å². The van der Waals surface area contributed by atoms with Gasteiger partial charge in [-0.3, -0.25) is 9.59 Å². The molecule has 1 unspecified atom stereocenters. The van der Waals surface area contributed by atoms with Gasteiger partial charge in [0, 0.05) is 12.2 Å². The fourth-order valence-corrected chi connectivity index (χ4v) is 3.53. The number of para-hydroxylation sites is 2. The molecule has 0 saturated carbocycles. The van der Waals surface area contributed by atoms with Crippen LogP contribution in [-0.2, 0) is 6.42 Å². The largest absolute Gasteiger partial charge is 0.302 e. The zero-order valence-electron chi connectivity index (χ0n) is 15.5. The molecule has 0 aliphatic carbocycles. The Morgan fingerprint density at radius 1 is 1.07 bits per heavy atom. The molecule has 7 heteroatoms. The summed E-state index contributed by atoms with van der Waals surface area (Å²) in [6.07, 6.45) is 5.54. The molecule has 0 aliphatic rings. The Morgan fingerprint density at radius 2 is 1.85 bits per heavy atom. The van der Waals surface area contributed by atoms with Crippen LogP contribution >= 0.6 is 0 Å². The molecule has 0 aliphatic heterocycles. The van der Waals surface area contributed by atoms with E-state index in [1.807, 2.05) is 57.3 Å². The molecule has 27 heavy (non-hydrogen) atoms. The lowest BCUT2D eigenvalue weighted by atomic mass is 10.1. The van der Waals surface area contributed by atoms with Gasteiger partial charge in [0.05, 0.1) is 23.3 Å². The fraction of sp³-hybridized carbons (Fsp3) is 0.300. The molecule has 0 N–H and O–H groups in total. The summed E-state index contributed by atoms with van der Waals surface area (Å²) < 4.78 is 4.98. The SMILES string of the molecule is CC(C)n1ncn2cc(CC(C)n3c(=O)cnc4ccccc43)cc2c1=O. The number of benzene rings is 1. The molecule has 0 bridgehead atoms. The Bertz CT molecular complexity index is 1250. The summed E-state index contributed by atoms with van der Waals surface area (Å²) in [5.41, 5.74) is 2.93. The normalized spacial score (nSPS) is 12.9. The van der Waals surface area contributed by atoms with Crippen molar-refractivity contribution in [2.24, 2.45) is 0 Å². The first-order chi connectivity index (χ1) is 13.0. The predicted molar refractivity (Wildman–Crippen MR) is 104 cm³/mol. The number of aromatic nitrogens is 5. The van der Waals surface area contributed by atoms with Crippen LogP contribution < -0.4 is 11.1 Å². The zero-order valence-corrected chi connectivity index (χ0v) is 15.5. The maximum absolute atomic E-state index is 12.6. The highest BCUT2D eigenvalue weighted by Crippen LogP contribution is 2.19. The quantitative estimate of drug-likeness (QED) is 0.559. The summed E-state index contributed by atoms with van der Waals surface area (Å²) in [4.78, 5) is 29.2. The van der Waals surface area contributed by atoms with Crippen molar-refractivity contribution in [1.29, 1.82) is 0 Å². The molecule has 4 aromatic rings. The minimum Gasteiger partial charge on any atom is -0.302 e. The van der Waals surface area contributed by atoms with E-state index in [-0.39, 0.29) is 23.2 Å². The van der Waals surface area contributed by atoms with Crippen LogP contribution in [0.25, 0.3) is 16.6 Å². The lowest BCUT2D eigenvalue weighted by Crippen LogP contribution is -2.25. The second-order valence-electron chi connectivity index (χ2n) is 7.12. The van der Waals surface area contributed by atoms with Gasteiger partial charge in [-0.05, 0) is 51.0 Å². The van der Waals surface area contributed by atoms with Gasteiger partial charge in [-0.1, -0.05) is 12.1 Å². The monoisotopic (exact) mass is 363 g/mol. The van der Waals surface area contributed by atoms with Crippen LogP contribution in [0.4, 0.5) is 0 Å². The lowest BCUT2D eigenvalue weighted by Gasteiger charge is -2.16. The van der Waals surface area contributed by atoms with Gasteiger partial charge in [0.25, 0.3) is 11.1 Å². The van der Waals surface area contributed by atoms with Gasteiger partial charge in [0.1, 0.15) is 11.8 Å². The highest BCUT2D eigenvalue weighted by atomic mass is 16.1. The molecule has 4 rings (SSSR count). The van der Waals surface area contributed by atoms with E-state index in [4.69, 9.17) is 0 Å². The van der Waals surface area contributed by atoms with E-state index >= 15 is 0 Å². The van der Waals surface area contributed by atoms with E-state index in [0.29, 0.717) is 11.9 Å². The average molecular weight is 363 g/mol. The lowest BCUT2D eigenvalue weighted by molar-refractivity contribution is 0.498. The van der Waals surface area contributed by atoms with Gasteiger partial charge in [-0.15, -0.1) is 0 Å². The van der Waals surface area contributed by atoms with E-state index in [1.165, 1.54) is 10.9 Å². The van der Waals surface area contributed by atoms with Crippen molar-refractivity contribution < 1.29 is 0 Å². The summed E-state index contributed by atoms with van der Waals surface area (Å²) in [6.45, 7) is 5.86. The smallest absolute Gasteiger partial charge is 0.291 e.